The molecular formula is C28H37N5O5S2. The number of hydrogen-bond acceptors (Lipinski definition) is 9. The van der Waals surface area contributed by atoms with E-state index < -0.39 is 5.97 Å². The van der Waals surface area contributed by atoms with Gasteiger partial charge in [-0.1, -0.05) is 25.1 Å². The van der Waals surface area contributed by atoms with Crippen molar-refractivity contribution >= 4 is 57.1 Å². The highest BCUT2D eigenvalue weighted by Gasteiger charge is 2.32. The van der Waals surface area contributed by atoms with Gasteiger partial charge in [0.1, 0.15) is 10.7 Å². The van der Waals surface area contributed by atoms with E-state index in [1.54, 1.807) is 29.7 Å². The maximum absolute atomic E-state index is 13.2. The fraction of sp³-hybridized carbons (Fsp3) is 0.536. The lowest BCUT2D eigenvalue weighted by molar-refractivity contribution is -0.122. The van der Waals surface area contributed by atoms with Crippen LogP contribution in [0.1, 0.15) is 65.2 Å². The van der Waals surface area contributed by atoms with E-state index >= 15 is 0 Å². The number of ether oxygens (including phenoxy) is 2. The number of thiophene rings is 1. The number of aromatic nitrogens is 2. The van der Waals surface area contributed by atoms with E-state index in [1.807, 2.05) is 20.2 Å². The maximum atomic E-state index is 13.2. The van der Waals surface area contributed by atoms with Gasteiger partial charge in [0.25, 0.3) is 5.91 Å². The lowest BCUT2D eigenvalue weighted by Gasteiger charge is -2.20. The Kier molecular flexibility index (Phi) is 10.2. The summed E-state index contributed by atoms with van der Waals surface area (Å²) in [6.07, 6.45) is 8.03. The predicted octanol–water partition coefficient (Wildman–Crippen LogP) is 4.43. The quantitative estimate of drug-likeness (QED) is 0.235. The van der Waals surface area contributed by atoms with E-state index in [-0.39, 0.29) is 24.2 Å². The van der Waals surface area contributed by atoms with Crippen LogP contribution in [0, 0.1) is 12.8 Å². The molecule has 40 heavy (non-hydrogen) atoms. The Balaban J connectivity index is 1.51. The summed E-state index contributed by atoms with van der Waals surface area (Å²) in [7, 11) is 3.44. The fourth-order valence-corrected chi connectivity index (χ4v) is 7.11. The van der Waals surface area contributed by atoms with Gasteiger partial charge < -0.3 is 14.8 Å². The number of fused-ring (bicyclic) bond motifs is 1. The first-order valence-corrected chi connectivity index (χ1v) is 15.4. The highest BCUT2D eigenvalue weighted by molar-refractivity contribution is 8.14. The number of carbonyl (C=O) groups is 3. The van der Waals surface area contributed by atoms with Gasteiger partial charge in [-0.15, -0.1) is 11.3 Å². The number of methoxy groups -OCH3 is 1. The van der Waals surface area contributed by atoms with Gasteiger partial charge in [0, 0.05) is 43.9 Å². The number of rotatable bonds is 11. The Morgan fingerprint density at radius 1 is 1.32 bits per heavy atom. The van der Waals surface area contributed by atoms with Crippen molar-refractivity contribution in [3.8, 4) is 0 Å². The number of anilines is 1. The van der Waals surface area contributed by atoms with Crippen LogP contribution in [0.4, 0.5) is 5.00 Å². The van der Waals surface area contributed by atoms with Crippen molar-refractivity contribution in [3.05, 3.63) is 39.2 Å². The number of aliphatic imine (C=N–C) groups is 1. The number of nitrogens with one attached hydrogen (secondary N) is 1. The van der Waals surface area contributed by atoms with Crippen LogP contribution in [0.2, 0.25) is 0 Å². The molecule has 4 rings (SSSR count). The molecule has 0 radical (unpaired) electrons. The van der Waals surface area contributed by atoms with E-state index in [2.05, 4.69) is 22.3 Å². The summed E-state index contributed by atoms with van der Waals surface area (Å²) in [5.41, 5.74) is 3.41. The number of hydrogen-bond donors (Lipinski definition) is 1. The Bertz CT molecular complexity index is 1330. The Morgan fingerprint density at radius 2 is 2.12 bits per heavy atom. The summed E-state index contributed by atoms with van der Waals surface area (Å²) in [6, 6.07) is 0. The van der Waals surface area contributed by atoms with Crippen LogP contribution in [-0.4, -0.2) is 70.3 Å². The summed E-state index contributed by atoms with van der Waals surface area (Å²) < 4.78 is 12.2. The van der Waals surface area contributed by atoms with Crippen molar-refractivity contribution in [2.24, 2.45) is 18.0 Å². The molecule has 0 fully saturated rings. The molecule has 2 amide bonds. The number of aryl methyl sites for hydroxylation is 2. The molecule has 1 N–H and O–H groups in total. The Hall–Kier alpha value is -2.96. The summed E-state index contributed by atoms with van der Waals surface area (Å²) in [6.45, 7) is 7.03. The molecule has 0 bridgehead atoms. The minimum Gasteiger partial charge on any atom is -0.462 e. The number of nitrogens with zero attached hydrogens (tertiary/aromatic N) is 4. The zero-order valence-corrected chi connectivity index (χ0v) is 25.4. The van der Waals surface area contributed by atoms with Crippen molar-refractivity contribution in [1.82, 2.24) is 14.7 Å². The first kappa shape index (κ1) is 30.0. The summed E-state index contributed by atoms with van der Waals surface area (Å²) in [5, 5.41) is 8.30. The van der Waals surface area contributed by atoms with Gasteiger partial charge in [-0.3, -0.25) is 19.2 Å². The third-order valence-electron chi connectivity index (χ3n) is 6.99. The van der Waals surface area contributed by atoms with Crippen LogP contribution in [0.3, 0.4) is 0 Å². The highest BCUT2D eigenvalue weighted by atomic mass is 32.2. The van der Waals surface area contributed by atoms with Crippen molar-refractivity contribution in [1.29, 1.82) is 0 Å². The monoisotopic (exact) mass is 587 g/mol. The van der Waals surface area contributed by atoms with Gasteiger partial charge in [0.15, 0.2) is 5.17 Å². The average Bonchev–Trinajstić information content (AvgIpc) is 3.54. The molecule has 1 atom stereocenters. The molecule has 1 aliphatic heterocycles. The Labute approximate surface area is 243 Å². The van der Waals surface area contributed by atoms with E-state index in [9.17, 15) is 14.4 Å². The molecule has 0 spiro atoms. The number of esters is 1. The van der Waals surface area contributed by atoms with E-state index in [0.29, 0.717) is 46.9 Å². The lowest BCUT2D eigenvalue weighted by atomic mass is 9.85. The largest absolute Gasteiger partial charge is 0.462 e. The van der Waals surface area contributed by atoms with Crippen LogP contribution in [-0.2, 0) is 39.0 Å². The third kappa shape index (κ3) is 6.84. The minimum absolute atomic E-state index is 0.0362. The van der Waals surface area contributed by atoms with Crippen LogP contribution in [0.25, 0.3) is 6.08 Å². The maximum Gasteiger partial charge on any atom is 0.341 e. The molecule has 0 saturated heterocycles. The number of thioether (sulfide) groups is 1. The first-order chi connectivity index (χ1) is 19.2. The molecule has 1 aliphatic carbocycles. The Morgan fingerprint density at radius 3 is 2.80 bits per heavy atom. The molecule has 3 heterocycles. The molecule has 1 unspecified atom stereocenters. The second-order valence-electron chi connectivity index (χ2n) is 9.85. The van der Waals surface area contributed by atoms with Crippen molar-refractivity contribution < 1.29 is 23.9 Å². The SMILES string of the molecule is CCOC(=O)c1c(NC(=O)CSC2=N/C(=C/c3cn(C)nc3C)C(=O)N2CCCOC)sc2c1CCC(CC)C2. The number of carbonyl (C=O) groups excluding carboxylic acids is 3. The van der Waals surface area contributed by atoms with Gasteiger partial charge in [0.05, 0.1) is 23.6 Å². The first-order valence-electron chi connectivity index (χ1n) is 13.6. The van der Waals surface area contributed by atoms with Crippen LogP contribution >= 0.6 is 23.1 Å². The van der Waals surface area contributed by atoms with Crippen molar-refractivity contribution in [3.63, 3.8) is 0 Å². The molecule has 0 saturated carbocycles. The third-order valence-corrected chi connectivity index (χ3v) is 9.14. The average molecular weight is 588 g/mol. The van der Waals surface area contributed by atoms with Crippen LogP contribution in [0.15, 0.2) is 16.9 Å². The molecule has 12 heteroatoms. The normalized spacial score (nSPS) is 17.8. The summed E-state index contributed by atoms with van der Waals surface area (Å²) >= 11 is 2.67. The van der Waals surface area contributed by atoms with Crippen LogP contribution in [0.5, 0.6) is 0 Å². The van der Waals surface area contributed by atoms with Crippen molar-refractivity contribution in [2.45, 2.75) is 52.9 Å². The summed E-state index contributed by atoms with van der Waals surface area (Å²) in [5.74, 6) is -0.264. The molecule has 2 aromatic rings. The molecule has 0 aromatic carbocycles. The number of amidine groups is 1. The molecule has 216 valence electrons. The highest BCUT2D eigenvalue weighted by Crippen LogP contribution is 2.41. The fourth-order valence-electron chi connectivity index (χ4n) is 4.91. The second-order valence-corrected chi connectivity index (χ2v) is 11.9. The molecule has 2 aromatic heterocycles. The topological polar surface area (TPSA) is 115 Å². The minimum atomic E-state index is -0.395. The smallest absolute Gasteiger partial charge is 0.341 e. The van der Waals surface area contributed by atoms with Crippen molar-refractivity contribution in [2.75, 3.05) is 37.9 Å². The second kappa shape index (κ2) is 13.6. The summed E-state index contributed by atoms with van der Waals surface area (Å²) in [4.78, 5) is 46.5. The van der Waals surface area contributed by atoms with Gasteiger partial charge in [-0.05, 0) is 57.1 Å². The zero-order valence-electron chi connectivity index (χ0n) is 23.7. The lowest BCUT2D eigenvalue weighted by Crippen LogP contribution is -2.32. The van der Waals surface area contributed by atoms with Gasteiger partial charge >= 0.3 is 5.97 Å². The van der Waals surface area contributed by atoms with Crippen LogP contribution < -0.4 is 5.32 Å². The molecule has 2 aliphatic rings. The van der Waals surface area contributed by atoms with Gasteiger partial charge in [-0.25, -0.2) is 9.79 Å². The molecule has 10 nitrogen and oxygen atoms in total. The standard InChI is InChI=1S/C28H37N5O5S2/c1-6-18-9-10-20-22(13-18)40-25(24(20)27(36)38-7-2)30-23(34)16-39-28-29-21(14-19-15-32(4)31-17(19)3)26(35)33(28)11-8-12-37-5/h14-15,18H,6-13,16H2,1-5H3,(H,30,34)/b21-14+. The van der Waals surface area contributed by atoms with E-state index in [4.69, 9.17) is 9.47 Å². The van der Waals surface area contributed by atoms with E-state index in [0.717, 1.165) is 47.4 Å². The van der Waals surface area contributed by atoms with E-state index in [1.165, 1.54) is 23.1 Å². The zero-order chi connectivity index (χ0) is 28.8. The van der Waals surface area contributed by atoms with Gasteiger partial charge in [0.2, 0.25) is 5.91 Å². The molecular weight excluding hydrogens is 550 g/mol. The van der Waals surface area contributed by atoms with Gasteiger partial charge in [-0.2, -0.15) is 5.10 Å². The predicted molar refractivity (Wildman–Crippen MR) is 159 cm³/mol. The number of amides is 2.